The van der Waals surface area contributed by atoms with Crippen LogP contribution in [0.5, 0.6) is 0 Å². The Morgan fingerprint density at radius 2 is 2.30 bits per heavy atom. The lowest BCUT2D eigenvalue weighted by Crippen LogP contribution is -2.03. The van der Waals surface area contributed by atoms with Gasteiger partial charge >= 0.3 is 0 Å². The maximum Gasteiger partial charge on any atom is 0.185 e. The van der Waals surface area contributed by atoms with Crippen molar-refractivity contribution in [3.8, 4) is 0 Å². The van der Waals surface area contributed by atoms with Crippen molar-refractivity contribution < 1.29 is 14.6 Å². The molecule has 0 saturated carbocycles. The molecule has 0 spiro atoms. The van der Waals surface area contributed by atoms with Gasteiger partial charge in [0.1, 0.15) is 0 Å². The Morgan fingerprint density at radius 1 is 1.60 bits per heavy atom. The highest BCUT2D eigenvalue weighted by Crippen LogP contribution is 1.99. The lowest BCUT2D eigenvalue weighted by atomic mass is 10.7. The van der Waals surface area contributed by atoms with E-state index in [9.17, 15) is 4.79 Å². The molecule has 0 atom stereocenters. The van der Waals surface area contributed by atoms with E-state index in [1.807, 2.05) is 0 Å². The van der Waals surface area contributed by atoms with E-state index >= 15 is 0 Å². The molecule has 4 heteroatoms. The maximum absolute atomic E-state index is 10.3. The van der Waals surface area contributed by atoms with E-state index in [0.717, 1.165) is 0 Å². The monoisotopic (exact) mass is 164 g/mol. The summed E-state index contributed by atoms with van der Waals surface area (Å²) < 4.78 is 4.91. The molecule has 0 heterocycles. The van der Waals surface area contributed by atoms with Crippen molar-refractivity contribution in [2.75, 3.05) is 25.6 Å². The summed E-state index contributed by atoms with van der Waals surface area (Å²) in [7, 11) is 0. The van der Waals surface area contributed by atoms with E-state index in [2.05, 4.69) is 0 Å². The van der Waals surface area contributed by atoms with Gasteiger partial charge in [-0.05, 0) is 0 Å². The number of hydrogen-bond acceptors (Lipinski definition) is 4. The Morgan fingerprint density at radius 3 is 2.80 bits per heavy atom. The largest absolute Gasteiger partial charge is 0.394 e. The summed E-state index contributed by atoms with van der Waals surface area (Å²) >= 11 is 1.24. The Bertz CT molecular complexity index is 95.0. The first-order valence-corrected chi connectivity index (χ1v) is 4.08. The van der Waals surface area contributed by atoms with Crippen molar-refractivity contribution in [1.82, 2.24) is 0 Å². The molecular weight excluding hydrogens is 152 g/mol. The van der Waals surface area contributed by atoms with E-state index in [0.29, 0.717) is 19.0 Å². The van der Waals surface area contributed by atoms with Crippen LogP contribution in [0.25, 0.3) is 0 Å². The fourth-order valence-electron chi connectivity index (χ4n) is 0.411. The first-order chi connectivity index (χ1) is 4.77. The zero-order valence-electron chi connectivity index (χ0n) is 6.00. The lowest BCUT2D eigenvalue weighted by Gasteiger charge is -1.98. The Hall–Kier alpha value is -0.0600. The highest BCUT2D eigenvalue weighted by molar-refractivity contribution is 8.13. The molecule has 0 aromatic carbocycles. The fourth-order valence-corrected chi connectivity index (χ4v) is 0.900. The molecule has 10 heavy (non-hydrogen) atoms. The van der Waals surface area contributed by atoms with Crippen molar-refractivity contribution in [3.05, 3.63) is 0 Å². The summed E-state index contributed by atoms with van der Waals surface area (Å²) in [6.45, 7) is 2.46. The second-order valence-electron chi connectivity index (χ2n) is 1.68. The van der Waals surface area contributed by atoms with Gasteiger partial charge in [0.05, 0.1) is 19.8 Å². The first kappa shape index (κ1) is 9.94. The molecule has 60 valence electrons. The van der Waals surface area contributed by atoms with Gasteiger partial charge in [-0.25, -0.2) is 0 Å². The van der Waals surface area contributed by atoms with E-state index in [4.69, 9.17) is 9.84 Å². The number of hydrogen-bond donors (Lipinski definition) is 1. The van der Waals surface area contributed by atoms with Crippen LogP contribution in [0.1, 0.15) is 6.92 Å². The van der Waals surface area contributed by atoms with Crippen LogP contribution in [0.2, 0.25) is 0 Å². The van der Waals surface area contributed by atoms with Crippen molar-refractivity contribution in [1.29, 1.82) is 0 Å². The van der Waals surface area contributed by atoms with Crippen molar-refractivity contribution >= 4 is 16.9 Å². The average Bonchev–Trinajstić information content (AvgIpc) is 1.87. The molecule has 0 amide bonds. The third-order valence-corrected chi connectivity index (χ3v) is 1.55. The molecule has 0 saturated heterocycles. The number of thioether (sulfide) groups is 1. The second-order valence-corrected chi connectivity index (χ2v) is 2.95. The lowest BCUT2D eigenvalue weighted by molar-refractivity contribution is -0.109. The maximum atomic E-state index is 10.3. The molecule has 0 radical (unpaired) electrons. The molecule has 0 unspecified atom stereocenters. The zero-order valence-corrected chi connectivity index (χ0v) is 6.82. The number of rotatable bonds is 5. The molecule has 0 fully saturated rings. The summed E-state index contributed by atoms with van der Waals surface area (Å²) in [4.78, 5) is 10.3. The van der Waals surface area contributed by atoms with E-state index < -0.39 is 0 Å². The molecule has 0 aliphatic heterocycles. The van der Waals surface area contributed by atoms with Crippen LogP contribution in [0.3, 0.4) is 0 Å². The molecule has 0 bridgehead atoms. The third-order valence-electron chi connectivity index (χ3n) is 0.769. The van der Waals surface area contributed by atoms with Gasteiger partial charge in [-0.15, -0.1) is 0 Å². The van der Waals surface area contributed by atoms with Gasteiger partial charge in [0.25, 0.3) is 0 Å². The fraction of sp³-hybridized carbons (Fsp3) is 0.833. The van der Waals surface area contributed by atoms with Crippen LogP contribution in [0, 0.1) is 0 Å². The number of aliphatic hydroxyl groups is 1. The van der Waals surface area contributed by atoms with E-state index in [1.54, 1.807) is 0 Å². The first-order valence-electron chi connectivity index (χ1n) is 3.09. The molecule has 0 rings (SSSR count). The van der Waals surface area contributed by atoms with Gasteiger partial charge in [0, 0.05) is 12.7 Å². The molecular formula is C6H12O3S. The molecule has 0 aliphatic carbocycles. The normalized spacial score (nSPS) is 9.80. The number of carbonyl (C=O) groups excluding carboxylic acids is 1. The van der Waals surface area contributed by atoms with Crippen LogP contribution in [0.15, 0.2) is 0 Å². The summed E-state index contributed by atoms with van der Waals surface area (Å²) in [6, 6.07) is 0. The quantitative estimate of drug-likeness (QED) is 0.593. The predicted octanol–water partition coefficient (Wildman–Crippen LogP) is 0.275. The third kappa shape index (κ3) is 7.94. The van der Waals surface area contributed by atoms with E-state index in [-0.39, 0.29) is 11.7 Å². The van der Waals surface area contributed by atoms with Gasteiger partial charge < -0.3 is 9.84 Å². The van der Waals surface area contributed by atoms with Crippen molar-refractivity contribution in [3.63, 3.8) is 0 Å². The summed E-state index contributed by atoms with van der Waals surface area (Å²) in [5.74, 6) is 0.676. The molecule has 0 aromatic heterocycles. The van der Waals surface area contributed by atoms with Gasteiger partial charge in [0.2, 0.25) is 0 Å². The molecule has 3 nitrogen and oxygen atoms in total. The minimum Gasteiger partial charge on any atom is -0.394 e. The van der Waals surface area contributed by atoms with Crippen LogP contribution < -0.4 is 0 Å². The molecule has 0 aromatic rings. The molecule has 1 N–H and O–H groups in total. The van der Waals surface area contributed by atoms with Gasteiger partial charge in [0.15, 0.2) is 5.12 Å². The van der Waals surface area contributed by atoms with E-state index in [1.165, 1.54) is 18.7 Å². The minimum absolute atomic E-state index is 0.0464. The second kappa shape index (κ2) is 7.05. The Kier molecular flexibility index (Phi) is 7.01. The van der Waals surface area contributed by atoms with Crippen molar-refractivity contribution in [2.45, 2.75) is 6.92 Å². The van der Waals surface area contributed by atoms with Crippen LogP contribution in [-0.4, -0.2) is 35.8 Å². The Balaban J connectivity index is 2.84. The number of aliphatic hydroxyl groups excluding tert-OH is 1. The summed E-state index contributed by atoms with van der Waals surface area (Å²) in [5.41, 5.74) is 0. The zero-order chi connectivity index (χ0) is 7.82. The van der Waals surface area contributed by atoms with Crippen molar-refractivity contribution in [2.24, 2.45) is 0 Å². The van der Waals surface area contributed by atoms with Gasteiger partial charge in [-0.3, -0.25) is 4.79 Å². The SMILES string of the molecule is CC(=O)SCCOCCO. The van der Waals surface area contributed by atoms with Crippen LogP contribution >= 0.6 is 11.8 Å². The standard InChI is InChI=1S/C6H12O3S/c1-6(8)10-5-4-9-3-2-7/h7H,2-5H2,1H3. The average molecular weight is 164 g/mol. The predicted molar refractivity (Wildman–Crippen MR) is 41.0 cm³/mol. The smallest absolute Gasteiger partial charge is 0.185 e. The number of ether oxygens (including phenoxy) is 1. The van der Waals surface area contributed by atoms with Crippen LogP contribution in [-0.2, 0) is 9.53 Å². The van der Waals surface area contributed by atoms with Gasteiger partial charge in [-0.1, -0.05) is 11.8 Å². The summed E-state index contributed by atoms with van der Waals surface area (Å²) in [6.07, 6.45) is 0. The molecule has 0 aliphatic rings. The topological polar surface area (TPSA) is 46.5 Å². The number of carbonyl (C=O) groups is 1. The summed E-state index contributed by atoms with van der Waals surface area (Å²) in [5, 5.41) is 8.38. The minimum atomic E-state index is 0.0464. The highest BCUT2D eigenvalue weighted by Gasteiger charge is 1.92. The highest BCUT2D eigenvalue weighted by atomic mass is 32.2. The Labute approximate surface area is 64.8 Å². The van der Waals surface area contributed by atoms with Crippen LogP contribution in [0.4, 0.5) is 0 Å². The van der Waals surface area contributed by atoms with Gasteiger partial charge in [-0.2, -0.15) is 0 Å².